The van der Waals surface area contributed by atoms with Crippen molar-refractivity contribution in [2.75, 3.05) is 5.32 Å². The highest BCUT2D eigenvalue weighted by Crippen LogP contribution is 2.42. The van der Waals surface area contributed by atoms with Crippen LogP contribution in [-0.4, -0.2) is 17.0 Å². The van der Waals surface area contributed by atoms with Crippen molar-refractivity contribution in [2.24, 2.45) is 5.41 Å². The molecule has 0 heterocycles. The number of nitrogens with one attached hydrogen (secondary N) is 1. The number of anilines is 1. The molecule has 1 saturated carbocycles. The van der Waals surface area contributed by atoms with E-state index in [0.29, 0.717) is 10.7 Å². The van der Waals surface area contributed by atoms with Gasteiger partial charge in [0.05, 0.1) is 17.1 Å². The van der Waals surface area contributed by atoms with Crippen LogP contribution in [0.3, 0.4) is 0 Å². The van der Waals surface area contributed by atoms with Crippen LogP contribution in [-0.2, 0) is 9.59 Å². The van der Waals surface area contributed by atoms with Gasteiger partial charge in [0.2, 0.25) is 5.91 Å². The van der Waals surface area contributed by atoms with Crippen LogP contribution < -0.4 is 5.32 Å². The van der Waals surface area contributed by atoms with Crippen LogP contribution in [0.5, 0.6) is 0 Å². The molecule has 0 unspecified atom stereocenters. The van der Waals surface area contributed by atoms with Gasteiger partial charge in [0.15, 0.2) is 0 Å². The van der Waals surface area contributed by atoms with Crippen LogP contribution in [0.25, 0.3) is 0 Å². The molecule has 5 heteroatoms. The second-order valence-electron chi connectivity index (χ2n) is 6.34. The molecule has 0 bridgehead atoms. The first-order valence-corrected chi connectivity index (χ1v) is 8.06. The summed E-state index contributed by atoms with van der Waals surface area (Å²) in [7, 11) is 0. The first-order chi connectivity index (χ1) is 10.4. The predicted molar refractivity (Wildman–Crippen MR) is 87.2 cm³/mol. The number of rotatable bonds is 5. The molecule has 2 rings (SSSR count). The minimum atomic E-state index is -0.830. The Morgan fingerprint density at radius 1 is 1.23 bits per heavy atom. The maximum Gasteiger partial charge on any atom is 0.303 e. The van der Waals surface area contributed by atoms with Gasteiger partial charge >= 0.3 is 5.97 Å². The van der Waals surface area contributed by atoms with Crippen LogP contribution in [0.1, 0.15) is 50.5 Å². The second kappa shape index (κ2) is 7.14. The van der Waals surface area contributed by atoms with Gasteiger partial charge in [0.1, 0.15) is 0 Å². The summed E-state index contributed by atoms with van der Waals surface area (Å²) in [6.45, 7) is 1.93. The van der Waals surface area contributed by atoms with Gasteiger partial charge in [-0.3, -0.25) is 9.59 Å². The Labute approximate surface area is 135 Å². The van der Waals surface area contributed by atoms with Crippen LogP contribution in [0, 0.1) is 12.3 Å². The lowest BCUT2D eigenvalue weighted by Gasteiger charge is -2.35. The molecule has 22 heavy (non-hydrogen) atoms. The zero-order valence-electron chi connectivity index (χ0n) is 12.8. The molecule has 0 radical (unpaired) electrons. The number of carbonyl (C=O) groups excluding carboxylic acids is 1. The van der Waals surface area contributed by atoms with Crippen molar-refractivity contribution in [3.8, 4) is 0 Å². The van der Waals surface area contributed by atoms with Gasteiger partial charge in [-0.2, -0.15) is 0 Å². The Hall–Kier alpha value is -1.55. The highest BCUT2D eigenvalue weighted by Gasteiger charge is 2.36. The zero-order valence-corrected chi connectivity index (χ0v) is 13.6. The molecule has 120 valence electrons. The lowest BCUT2D eigenvalue weighted by molar-refractivity contribution is -0.140. The number of hydrogen-bond acceptors (Lipinski definition) is 2. The van der Waals surface area contributed by atoms with Crippen molar-refractivity contribution in [3.63, 3.8) is 0 Å². The van der Waals surface area contributed by atoms with Crippen molar-refractivity contribution >= 4 is 29.2 Å². The summed E-state index contributed by atoms with van der Waals surface area (Å²) in [5, 5.41) is 12.5. The average Bonchev–Trinajstić information content (AvgIpc) is 2.42. The summed E-state index contributed by atoms with van der Waals surface area (Å²) in [5.41, 5.74) is 1.20. The number of carboxylic acid groups (broad SMARTS) is 1. The predicted octanol–water partition coefficient (Wildman–Crippen LogP) is 4.40. The number of aryl methyl sites for hydroxylation is 1. The zero-order chi connectivity index (χ0) is 16.2. The van der Waals surface area contributed by atoms with Gasteiger partial charge in [-0.05, 0) is 42.9 Å². The van der Waals surface area contributed by atoms with Crippen molar-refractivity contribution in [3.05, 3.63) is 28.8 Å². The van der Waals surface area contributed by atoms with E-state index in [-0.39, 0.29) is 18.7 Å². The number of aliphatic carboxylic acids is 1. The SMILES string of the molecule is Cc1ccc(NC(=O)CC2(CC(=O)O)CCCCC2)c(Cl)c1. The third-order valence-corrected chi connectivity index (χ3v) is 4.69. The van der Waals surface area contributed by atoms with Crippen molar-refractivity contribution in [2.45, 2.75) is 51.9 Å². The van der Waals surface area contributed by atoms with E-state index in [1.807, 2.05) is 13.0 Å². The smallest absolute Gasteiger partial charge is 0.303 e. The molecule has 1 aromatic carbocycles. The molecule has 0 aromatic heterocycles. The van der Waals surface area contributed by atoms with Gasteiger partial charge in [-0.1, -0.05) is 36.9 Å². The number of benzene rings is 1. The number of hydrogen-bond donors (Lipinski definition) is 2. The number of halogens is 1. The summed E-state index contributed by atoms with van der Waals surface area (Å²) in [6, 6.07) is 5.46. The Morgan fingerprint density at radius 3 is 2.50 bits per heavy atom. The summed E-state index contributed by atoms with van der Waals surface area (Å²) in [4.78, 5) is 23.5. The Kier molecular flexibility index (Phi) is 5.46. The molecule has 1 amide bonds. The monoisotopic (exact) mass is 323 g/mol. The lowest BCUT2D eigenvalue weighted by Crippen LogP contribution is -2.32. The number of amides is 1. The van der Waals surface area contributed by atoms with Crippen molar-refractivity contribution in [1.82, 2.24) is 0 Å². The van der Waals surface area contributed by atoms with Crippen molar-refractivity contribution in [1.29, 1.82) is 0 Å². The standard InChI is InChI=1S/C17H22ClNO3/c1-12-5-6-14(13(18)9-12)19-15(20)10-17(11-16(21)22)7-3-2-4-8-17/h5-6,9H,2-4,7-8,10-11H2,1H3,(H,19,20)(H,21,22). The van der Waals surface area contributed by atoms with E-state index in [9.17, 15) is 9.59 Å². The molecular formula is C17H22ClNO3. The fraction of sp³-hybridized carbons (Fsp3) is 0.529. The van der Waals surface area contributed by atoms with E-state index in [0.717, 1.165) is 37.7 Å². The maximum atomic E-state index is 12.3. The third-order valence-electron chi connectivity index (χ3n) is 4.37. The van der Waals surface area contributed by atoms with Gasteiger partial charge in [-0.15, -0.1) is 0 Å². The first-order valence-electron chi connectivity index (χ1n) is 7.68. The number of carbonyl (C=O) groups is 2. The minimum Gasteiger partial charge on any atom is -0.481 e. The van der Waals surface area contributed by atoms with E-state index in [1.165, 1.54) is 0 Å². The van der Waals surface area contributed by atoms with Gasteiger partial charge in [0, 0.05) is 6.42 Å². The molecule has 0 saturated heterocycles. The molecule has 2 N–H and O–H groups in total. The number of carboxylic acids is 1. The van der Waals surface area contributed by atoms with E-state index in [4.69, 9.17) is 16.7 Å². The third kappa shape index (κ3) is 4.47. The van der Waals surface area contributed by atoms with Crippen LogP contribution in [0.15, 0.2) is 18.2 Å². The summed E-state index contributed by atoms with van der Waals surface area (Å²) in [6.07, 6.45) is 5.00. The Morgan fingerprint density at radius 2 is 1.91 bits per heavy atom. The molecule has 0 spiro atoms. The average molecular weight is 324 g/mol. The lowest BCUT2D eigenvalue weighted by atomic mass is 9.69. The first kappa shape index (κ1) is 16.8. The summed E-state index contributed by atoms with van der Waals surface area (Å²) in [5.74, 6) is -0.989. The maximum absolute atomic E-state index is 12.3. The quantitative estimate of drug-likeness (QED) is 0.843. The fourth-order valence-corrected chi connectivity index (χ4v) is 3.58. The second-order valence-corrected chi connectivity index (χ2v) is 6.75. The highest BCUT2D eigenvalue weighted by atomic mass is 35.5. The van der Waals surface area contributed by atoms with Gasteiger partial charge < -0.3 is 10.4 Å². The Balaban J connectivity index is 2.06. The largest absolute Gasteiger partial charge is 0.481 e. The van der Waals surface area contributed by atoms with Gasteiger partial charge in [-0.25, -0.2) is 0 Å². The molecule has 1 aliphatic carbocycles. The molecule has 1 aliphatic rings. The fourth-order valence-electron chi connectivity index (χ4n) is 3.30. The molecule has 4 nitrogen and oxygen atoms in total. The molecule has 0 atom stereocenters. The molecule has 1 fully saturated rings. The van der Waals surface area contributed by atoms with Crippen molar-refractivity contribution < 1.29 is 14.7 Å². The van der Waals surface area contributed by atoms with Gasteiger partial charge in [0.25, 0.3) is 0 Å². The topological polar surface area (TPSA) is 66.4 Å². The highest BCUT2D eigenvalue weighted by molar-refractivity contribution is 6.33. The summed E-state index contributed by atoms with van der Waals surface area (Å²) < 4.78 is 0. The molecule has 0 aliphatic heterocycles. The molecular weight excluding hydrogens is 302 g/mol. The van der Waals surface area contributed by atoms with E-state index in [1.54, 1.807) is 12.1 Å². The van der Waals surface area contributed by atoms with E-state index < -0.39 is 11.4 Å². The van der Waals surface area contributed by atoms with E-state index >= 15 is 0 Å². The summed E-state index contributed by atoms with van der Waals surface area (Å²) >= 11 is 6.13. The molecule has 1 aromatic rings. The minimum absolute atomic E-state index is 0.0576. The normalized spacial score (nSPS) is 17.0. The Bertz CT molecular complexity index is 565. The van der Waals surface area contributed by atoms with Crippen LogP contribution in [0.4, 0.5) is 5.69 Å². The van der Waals surface area contributed by atoms with E-state index in [2.05, 4.69) is 5.32 Å². The van der Waals surface area contributed by atoms with Crippen LogP contribution >= 0.6 is 11.6 Å². The van der Waals surface area contributed by atoms with Crippen LogP contribution in [0.2, 0.25) is 5.02 Å².